The first-order valence-corrected chi connectivity index (χ1v) is 10.7. The van der Waals surface area contributed by atoms with Crippen LogP contribution in [0.25, 0.3) is 21.2 Å². The van der Waals surface area contributed by atoms with Crippen LogP contribution < -0.4 is 9.64 Å². The number of hydrogen-bond donors (Lipinski definition) is 0. The Bertz CT molecular complexity index is 1400. The van der Waals surface area contributed by atoms with Gasteiger partial charge in [-0.15, -0.1) is 0 Å². The minimum absolute atomic E-state index is 0.195. The van der Waals surface area contributed by atoms with Gasteiger partial charge in [-0.05, 0) is 48.9 Å². The molecule has 1 amide bonds. The molecule has 0 saturated heterocycles. The van der Waals surface area contributed by atoms with Crippen LogP contribution in [-0.4, -0.2) is 18.0 Å². The minimum atomic E-state index is -0.322. The Kier molecular flexibility index (Phi) is 4.92. The number of methoxy groups -OCH3 is 1. The predicted molar refractivity (Wildman–Crippen MR) is 121 cm³/mol. The van der Waals surface area contributed by atoms with Crippen molar-refractivity contribution in [1.82, 2.24) is 4.98 Å². The fourth-order valence-corrected chi connectivity index (χ4v) is 4.90. The van der Waals surface area contributed by atoms with Gasteiger partial charge >= 0.3 is 0 Å². The highest BCUT2D eigenvalue weighted by molar-refractivity contribution is 7.22. The smallest absolute Gasteiger partial charge is 0.296 e. The third kappa shape index (κ3) is 3.56. The van der Waals surface area contributed by atoms with Crippen molar-refractivity contribution in [2.75, 3.05) is 12.0 Å². The summed E-state index contributed by atoms with van der Waals surface area (Å²) in [5.74, 6) is 1.08. The number of carbonyl (C=O) groups is 1. The molecule has 5 aromatic rings. The number of nitrogens with zero attached hydrogens (tertiary/aromatic N) is 2. The number of carbonyl (C=O) groups excluding carboxylic acids is 1. The molecule has 0 spiro atoms. The second kappa shape index (κ2) is 7.76. The number of anilines is 1. The summed E-state index contributed by atoms with van der Waals surface area (Å²) >= 11 is 7.61. The monoisotopic (exact) mass is 452 g/mol. The zero-order chi connectivity index (χ0) is 21.5. The highest BCUT2D eigenvalue weighted by Crippen LogP contribution is 2.35. The van der Waals surface area contributed by atoms with Crippen molar-refractivity contribution in [2.24, 2.45) is 0 Å². The van der Waals surface area contributed by atoms with Crippen molar-refractivity contribution in [3.63, 3.8) is 0 Å². The Morgan fingerprint density at radius 1 is 1.23 bits per heavy atom. The van der Waals surface area contributed by atoms with Crippen LogP contribution >= 0.6 is 22.9 Å². The number of aromatic nitrogens is 1. The number of thiazole rings is 1. The lowest BCUT2D eigenvalue weighted by atomic mass is 10.2. The Morgan fingerprint density at radius 3 is 2.87 bits per heavy atom. The van der Waals surface area contributed by atoms with Crippen LogP contribution in [0.2, 0.25) is 5.02 Å². The van der Waals surface area contributed by atoms with Crippen LogP contribution in [0.4, 0.5) is 5.13 Å². The molecule has 6 nitrogen and oxygen atoms in total. The molecule has 0 unspecified atom stereocenters. The van der Waals surface area contributed by atoms with E-state index in [0.29, 0.717) is 27.2 Å². The predicted octanol–water partition coefficient (Wildman–Crippen LogP) is 6.45. The molecule has 0 aliphatic carbocycles. The van der Waals surface area contributed by atoms with Crippen LogP contribution in [0, 0.1) is 6.92 Å². The van der Waals surface area contributed by atoms with Gasteiger partial charge in [0.05, 0.1) is 30.1 Å². The van der Waals surface area contributed by atoms with E-state index in [1.54, 1.807) is 36.5 Å². The maximum absolute atomic E-state index is 13.6. The maximum Gasteiger partial charge on any atom is 0.296 e. The van der Waals surface area contributed by atoms with Gasteiger partial charge in [0.2, 0.25) is 0 Å². The van der Waals surface area contributed by atoms with Crippen molar-refractivity contribution >= 4 is 55.2 Å². The fourth-order valence-electron chi connectivity index (χ4n) is 3.48. The molecule has 3 aromatic heterocycles. The van der Waals surface area contributed by atoms with Crippen LogP contribution in [0.15, 0.2) is 63.6 Å². The van der Waals surface area contributed by atoms with Gasteiger partial charge in [0.15, 0.2) is 22.2 Å². The molecule has 0 radical (unpaired) electrons. The van der Waals surface area contributed by atoms with Gasteiger partial charge in [0.1, 0.15) is 5.76 Å². The van der Waals surface area contributed by atoms with E-state index in [4.69, 9.17) is 30.2 Å². The number of fused-ring (bicyclic) bond motifs is 2. The lowest BCUT2D eigenvalue weighted by molar-refractivity contribution is 0.0958. The van der Waals surface area contributed by atoms with Crippen LogP contribution in [0.1, 0.15) is 21.9 Å². The minimum Gasteiger partial charge on any atom is -0.493 e. The average Bonchev–Trinajstić information content (AvgIpc) is 3.49. The summed E-state index contributed by atoms with van der Waals surface area (Å²) in [7, 11) is 1.57. The van der Waals surface area contributed by atoms with Crippen molar-refractivity contribution < 1.29 is 18.4 Å². The number of rotatable bonds is 5. The molecule has 5 rings (SSSR count). The third-order valence-electron chi connectivity index (χ3n) is 4.95. The average molecular weight is 453 g/mol. The molecule has 0 N–H and O–H groups in total. The topological polar surface area (TPSA) is 68.7 Å². The highest BCUT2D eigenvalue weighted by Gasteiger charge is 2.26. The second-order valence-electron chi connectivity index (χ2n) is 7.03. The molecule has 8 heteroatoms. The summed E-state index contributed by atoms with van der Waals surface area (Å²) in [6.07, 6.45) is 1.58. The van der Waals surface area contributed by atoms with Gasteiger partial charge in [0, 0.05) is 10.4 Å². The van der Waals surface area contributed by atoms with Gasteiger partial charge in [-0.1, -0.05) is 35.1 Å². The summed E-state index contributed by atoms with van der Waals surface area (Å²) < 4.78 is 17.7. The van der Waals surface area contributed by atoms with E-state index in [0.717, 1.165) is 21.2 Å². The normalized spacial score (nSPS) is 11.3. The Balaban J connectivity index is 1.61. The van der Waals surface area contributed by atoms with E-state index >= 15 is 0 Å². The number of ether oxygens (including phenoxy) is 1. The molecule has 0 saturated carbocycles. The summed E-state index contributed by atoms with van der Waals surface area (Å²) in [5, 5.41) is 1.95. The molecule has 156 valence electrons. The van der Waals surface area contributed by atoms with E-state index in [9.17, 15) is 4.79 Å². The van der Waals surface area contributed by atoms with E-state index in [-0.39, 0.29) is 18.2 Å². The SMILES string of the molecule is COc1cccc2cc(C(=O)N(Cc3ccco3)c3nc4c(C)cc(Cl)cc4s3)oc12. The zero-order valence-corrected chi connectivity index (χ0v) is 18.3. The number of amides is 1. The lowest BCUT2D eigenvalue weighted by Gasteiger charge is -2.17. The van der Waals surface area contributed by atoms with Crippen molar-refractivity contribution in [3.05, 3.63) is 76.9 Å². The first kappa shape index (κ1) is 19.7. The highest BCUT2D eigenvalue weighted by atomic mass is 35.5. The molecule has 0 aliphatic heterocycles. The van der Waals surface area contributed by atoms with E-state index in [1.807, 2.05) is 37.3 Å². The largest absolute Gasteiger partial charge is 0.493 e. The molecular weight excluding hydrogens is 436 g/mol. The summed E-state index contributed by atoms with van der Waals surface area (Å²) in [6, 6.07) is 14.5. The number of hydrogen-bond acceptors (Lipinski definition) is 6. The van der Waals surface area contributed by atoms with Crippen molar-refractivity contribution in [3.8, 4) is 5.75 Å². The summed E-state index contributed by atoms with van der Waals surface area (Å²) in [4.78, 5) is 19.8. The number of para-hydroxylation sites is 1. The zero-order valence-electron chi connectivity index (χ0n) is 16.7. The third-order valence-corrected chi connectivity index (χ3v) is 6.19. The molecule has 3 heterocycles. The van der Waals surface area contributed by atoms with Gasteiger partial charge in [-0.3, -0.25) is 9.69 Å². The molecular formula is C23H17ClN2O4S. The van der Waals surface area contributed by atoms with Crippen molar-refractivity contribution in [2.45, 2.75) is 13.5 Å². The van der Waals surface area contributed by atoms with Gasteiger partial charge in [0.25, 0.3) is 5.91 Å². The standard InChI is InChI=1S/C23H17ClN2O4S/c1-13-9-15(24)11-19-20(13)25-23(31-19)26(12-16-6-4-8-29-16)22(27)18-10-14-5-3-7-17(28-2)21(14)30-18/h3-11H,12H2,1-2H3. The number of benzene rings is 2. The quantitative estimate of drug-likeness (QED) is 0.306. The van der Waals surface area contributed by atoms with Crippen LogP contribution in [0.5, 0.6) is 5.75 Å². The Hall–Kier alpha value is -3.29. The molecule has 0 atom stereocenters. The molecule has 0 aliphatic rings. The van der Waals surface area contributed by atoms with Gasteiger partial charge in [-0.2, -0.15) is 0 Å². The van der Waals surface area contributed by atoms with Gasteiger partial charge in [-0.25, -0.2) is 4.98 Å². The van der Waals surface area contributed by atoms with E-state index in [1.165, 1.54) is 11.3 Å². The molecule has 31 heavy (non-hydrogen) atoms. The number of aryl methyl sites for hydroxylation is 1. The first-order valence-electron chi connectivity index (χ1n) is 9.51. The Morgan fingerprint density at radius 2 is 2.10 bits per heavy atom. The molecule has 0 bridgehead atoms. The van der Waals surface area contributed by atoms with E-state index < -0.39 is 0 Å². The van der Waals surface area contributed by atoms with Crippen LogP contribution in [-0.2, 0) is 6.54 Å². The molecule has 0 fully saturated rings. The van der Waals surface area contributed by atoms with E-state index in [2.05, 4.69) is 0 Å². The van der Waals surface area contributed by atoms with Crippen molar-refractivity contribution in [1.29, 1.82) is 0 Å². The maximum atomic E-state index is 13.6. The number of halogens is 1. The Labute approximate surface area is 186 Å². The fraction of sp³-hybridized carbons (Fsp3) is 0.130. The first-order chi connectivity index (χ1) is 15.0. The van der Waals surface area contributed by atoms with Crippen LogP contribution in [0.3, 0.4) is 0 Å². The van der Waals surface area contributed by atoms with Gasteiger partial charge < -0.3 is 13.6 Å². The summed E-state index contributed by atoms with van der Waals surface area (Å²) in [6.45, 7) is 2.16. The molecule has 2 aromatic carbocycles. The number of furan rings is 2. The second-order valence-corrected chi connectivity index (χ2v) is 8.47. The summed E-state index contributed by atoms with van der Waals surface area (Å²) in [5.41, 5.74) is 2.29. The lowest BCUT2D eigenvalue weighted by Crippen LogP contribution is -2.29.